The molecule has 11 heteroatoms. The minimum atomic E-state index is -4.54. The first-order chi connectivity index (χ1) is 14.8. The quantitative estimate of drug-likeness (QED) is 0.768. The Morgan fingerprint density at radius 1 is 1.26 bits per heavy atom. The van der Waals surface area contributed by atoms with Gasteiger partial charge in [0.05, 0.1) is 5.41 Å². The molecule has 8 nitrogen and oxygen atoms in total. The predicted octanol–water partition coefficient (Wildman–Crippen LogP) is 1.94. The van der Waals surface area contributed by atoms with Crippen molar-refractivity contribution in [1.29, 1.82) is 0 Å². The summed E-state index contributed by atoms with van der Waals surface area (Å²) in [5.41, 5.74) is -0.927. The van der Waals surface area contributed by atoms with Gasteiger partial charge >= 0.3 is 6.18 Å². The Bertz CT molecular complexity index is 1000. The van der Waals surface area contributed by atoms with E-state index >= 15 is 0 Å². The molecule has 0 radical (unpaired) electrons. The Kier molecular flexibility index (Phi) is 4.45. The Labute approximate surface area is 177 Å². The van der Waals surface area contributed by atoms with Crippen LogP contribution >= 0.6 is 0 Å². The van der Waals surface area contributed by atoms with Gasteiger partial charge in [-0.05, 0) is 25.3 Å². The minimum absolute atomic E-state index is 0.179. The van der Waals surface area contributed by atoms with Crippen LogP contribution in [0.25, 0.3) is 5.70 Å². The van der Waals surface area contributed by atoms with E-state index in [1.165, 1.54) is 11.1 Å². The molecule has 164 valence electrons. The van der Waals surface area contributed by atoms with Gasteiger partial charge in [-0.2, -0.15) is 13.2 Å². The lowest BCUT2D eigenvalue weighted by Gasteiger charge is -2.37. The molecular weight excluding hydrogens is 411 g/mol. The van der Waals surface area contributed by atoms with Crippen molar-refractivity contribution in [2.24, 2.45) is 10.4 Å². The zero-order valence-electron chi connectivity index (χ0n) is 16.9. The normalized spacial score (nSPS) is 28.1. The van der Waals surface area contributed by atoms with Crippen LogP contribution in [-0.2, 0) is 4.79 Å². The molecule has 0 aromatic carbocycles. The van der Waals surface area contributed by atoms with E-state index in [0.717, 1.165) is 32.0 Å². The number of hydrogen-bond acceptors (Lipinski definition) is 7. The van der Waals surface area contributed by atoms with E-state index < -0.39 is 18.0 Å². The van der Waals surface area contributed by atoms with Crippen molar-refractivity contribution in [3.8, 4) is 0 Å². The summed E-state index contributed by atoms with van der Waals surface area (Å²) in [5, 5.41) is 2.98. The number of aliphatic imine (C=N–C) groups is 1. The van der Waals surface area contributed by atoms with Crippen molar-refractivity contribution in [3.63, 3.8) is 0 Å². The van der Waals surface area contributed by atoms with Crippen molar-refractivity contribution < 1.29 is 18.0 Å². The number of allylic oxidation sites excluding steroid dienone is 1. The highest BCUT2D eigenvalue weighted by atomic mass is 19.4. The van der Waals surface area contributed by atoms with Crippen LogP contribution in [0.15, 0.2) is 35.4 Å². The van der Waals surface area contributed by atoms with E-state index in [0.29, 0.717) is 30.4 Å². The van der Waals surface area contributed by atoms with E-state index in [9.17, 15) is 18.0 Å². The van der Waals surface area contributed by atoms with Gasteiger partial charge in [-0.3, -0.25) is 9.79 Å². The summed E-state index contributed by atoms with van der Waals surface area (Å²) in [7, 11) is 1.84. The second-order valence-electron chi connectivity index (χ2n) is 8.36. The number of fused-ring (bicyclic) bond motifs is 1. The first-order valence-electron chi connectivity index (χ1n) is 10.2. The molecule has 0 aliphatic carbocycles. The number of likely N-dealkylation sites (tertiary alicyclic amines) is 1. The molecule has 1 spiro atoms. The number of nitrogens with one attached hydrogen (secondary N) is 1. The summed E-state index contributed by atoms with van der Waals surface area (Å²) >= 11 is 0. The predicted molar refractivity (Wildman–Crippen MR) is 108 cm³/mol. The number of anilines is 1. The average Bonchev–Trinajstić information content (AvgIpc) is 3.36. The molecule has 0 saturated carbocycles. The first kappa shape index (κ1) is 19.8. The van der Waals surface area contributed by atoms with Gasteiger partial charge in [0, 0.05) is 51.5 Å². The van der Waals surface area contributed by atoms with Gasteiger partial charge in [-0.1, -0.05) is 0 Å². The number of carbonyl (C=O) groups is 1. The van der Waals surface area contributed by atoms with Gasteiger partial charge < -0.3 is 20.0 Å². The number of amides is 1. The Hall–Kier alpha value is -3.11. The molecule has 0 bridgehead atoms. The summed E-state index contributed by atoms with van der Waals surface area (Å²) in [6.45, 7) is 2.07. The lowest BCUT2D eigenvalue weighted by Crippen LogP contribution is -2.48. The molecule has 4 aliphatic heterocycles. The number of piperidine rings is 1. The van der Waals surface area contributed by atoms with Crippen LogP contribution in [0.1, 0.15) is 25.1 Å². The van der Waals surface area contributed by atoms with E-state index in [1.807, 2.05) is 7.05 Å². The summed E-state index contributed by atoms with van der Waals surface area (Å²) < 4.78 is 39.3. The maximum absolute atomic E-state index is 13.1. The molecular formula is C20H22F3N7O. The topological polar surface area (TPSA) is 77.0 Å². The number of aromatic nitrogens is 2. The Morgan fingerprint density at radius 3 is 2.90 bits per heavy atom. The number of halogens is 3. The lowest BCUT2D eigenvalue weighted by molar-refractivity contribution is -0.143. The molecule has 5 rings (SSSR count). The van der Waals surface area contributed by atoms with Gasteiger partial charge in [0.1, 0.15) is 17.7 Å². The highest BCUT2D eigenvalue weighted by molar-refractivity contribution is 5.84. The van der Waals surface area contributed by atoms with E-state index in [-0.39, 0.29) is 11.3 Å². The van der Waals surface area contributed by atoms with Crippen LogP contribution in [0.5, 0.6) is 0 Å². The lowest BCUT2D eigenvalue weighted by atomic mass is 9.78. The number of nitrogens with zero attached hydrogens (tertiary/aromatic N) is 6. The largest absolute Gasteiger partial charge is 0.434 e. The Balaban J connectivity index is 1.39. The van der Waals surface area contributed by atoms with E-state index in [1.54, 1.807) is 23.4 Å². The summed E-state index contributed by atoms with van der Waals surface area (Å²) in [6.07, 6.45) is 2.92. The summed E-state index contributed by atoms with van der Waals surface area (Å²) in [5.74, 6) is 1.16. The van der Waals surface area contributed by atoms with Crippen molar-refractivity contribution in [3.05, 3.63) is 36.2 Å². The van der Waals surface area contributed by atoms with Crippen LogP contribution in [0.2, 0.25) is 0 Å². The van der Waals surface area contributed by atoms with Crippen molar-refractivity contribution in [1.82, 2.24) is 25.1 Å². The molecule has 1 aromatic rings. The van der Waals surface area contributed by atoms with E-state index in [4.69, 9.17) is 0 Å². The molecule has 1 aromatic heterocycles. The zero-order chi connectivity index (χ0) is 21.8. The van der Waals surface area contributed by atoms with Gasteiger partial charge in [0.2, 0.25) is 5.91 Å². The standard InChI is InChI=1S/C20H22F3N7O/c1-28-7-2-4-19(18(28)31)5-8-29(12-19)15-3-6-24-17(27-15)13-9-26-16-10-25-14(11-30(13)16)20(21,22)23/h3,6,9-11,16,26H,2,4-5,7-8,12H2,1H3. The Morgan fingerprint density at radius 2 is 2.10 bits per heavy atom. The number of hydrogen-bond donors (Lipinski definition) is 1. The molecule has 2 unspecified atom stereocenters. The monoisotopic (exact) mass is 433 g/mol. The molecule has 1 amide bonds. The van der Waals surface area contributed by atoms with Crippen molar-refractivity contribution >= 4 is 23.6 Å². The number of carbonyl (C=O) groups excluding carboxylic acids is 1. The van der Waals surface area contributed by atoms with Gasteiger partial charge in [-0.15, -0.1) is 0 Å². The van der Waals surface area contributed by atoms with Crippen molar-refractivity contribution in [2.75, 3.05) is 31.6 Å². The number of alkyl halides is 3. The molecule has 5 heterocycles. The fraction of sp³-hybridized carbons (Fsp3) is 0.500. The highest BCUT2D eigenvalue weighted by Gasteiger charge is 2.48. The second kappa shape index (κ2) is 6.96. The fourth-order valence-electron chi connectivity index (χ4n) is 4.74. The molecule has 4 aliphatic rings. The van der Waals surface area contributed by atoms with E-state index in [2.05, 4.69) is 25.2 Å². The first-order valence-corrected chi connectivity index (χ1v) is 10.2. The van der Waals surface area contributed by atoms with Crippen LogP contribution in [-0.4, -0.2) is 70.9 Å². The van der Waals surface area contributed by atoms with Crippen molar-refractivity contribution in [2.45, 2.75) is 31.6 Å². The maximum Gasteiger partial charge on any atom is 0.434 e. The van der Waals surface area contributed by atoms with Crippen LogP contribution in [0.4, 0.5) is 19.0 Å². The van der Waals surface area contributed by atoms with Crippen LogP contribution < -0.4 is 10.2 Å². The maximum atomic E-state index is 13.1. The van der Waals surface area contributed by atoms with Gasteiger partial charge in [-0.25, -0.2) is 9.97 Å². The van der Waals surface area contributed by atoms with Crippen LogP contribution in [0, 0.1) is 5.41 Å². The minimum Gasteiger partial charge on any atom is -0.365 e. The van der Waals surface area contributed by atoms with Gasteiger partial charge in [0.15, 0.2) is 11.5 Å². The third-order valence-electron chi connectivity index (χ3n) is 6.37. The number of rotatable bonds is 2. The molecule has 31 heavy (non-hydrogen) atoms. The molecule has 1 N–H and O–H groups in total. The average molecular weight is 433 g/mol. The smallest absolute Gasteiger partial charge is 0.365 e. The zero-order valence-corrected chi connectivity index (χ0v) is 16.9. The molecule has 2 fully saturated rings. The summed E-state index contributed by atoms with van der Waals surface area (Å²) in [4.78, 5) is 30.5. The third kappa shape index (κ3) is 3.31. The molecule has 2 atom stereocenters. The summed E-state index contributed by atoms with van der Waals surface area (Å²) in [6, 6.07) is 1.77. The fourth-order valence-corrected chi connectivity index (χ4v) is 4.74. The van der Waals surface area contributed by atoms with Crippen LogP contribution in [0.3, 0.4) is 0 Å². The SMILES string of the molecule is CN1CCCC2(CCN(c3ccnc(C4=CNC5C=NC(C(F)(F)F)=CN45)n3)C2)C1=O. The highest BCUT2D eigenvalue weighted by Crippen LogP contribution is 2.41. The third-order valence-corrected chi connectivity index (χ3v) is 6.37. The van der Waals surface area contributed by atoms with Gasteiger partial charge in [0.25, 0.3) is 0 Å². The second-order valence-corrected chi connectivity index (χ2v) is 8.36. The molecule has 2 saturated heterocycles.